The molecule has 0 saturated heterocycles. The van der Waals surface area contributed by atoms with Crippen LogP contribution in [0.25, 0.3) is 0 Å². The molecule has 1 rings (SSSR count). The molecule has 0 heterocycles. The van der Waals surface area contributed by atoms with Crippen LogP contribution >= 0.6 is 0 Å². The molecule has 1 aromatic rings. The number of ketones is 1. The van der Waals surface area contributed by atoms with E-state index in [-0.39, 0.29) is 11.6 Å². The highest BCUT2D eigenvalue weighted by molar-refractivity contribution is 5.96. The first-order valence-corrected chi connectivity index (χ1v) is 4.94. The normalized spacial score (nSPS) is 10.2. The number of rotatable bonds is 4. The molecule has 0 aliphatic heterocycles. The van der Waals surface area contributed by atoms with E-state index in [0.717, 1.165) is 12.8 Å². The predicted octanol–water partition coefficient (Wildman–Crippen LogP) is 3.51. The van der Waals surface area contributed by atoms with Gasteiger partial charge in [0.05, 0.1) is 0 Å². The molecule has 0 aliphatic carbocycles. The van der Waals surface area contributed by atoms with Crippen LogP contribution in [0.3, 0.4) is 0 Å². The summed E-state index contributed by atoms with van der Waals surface area (Å²) in [5, 5.41) is 0. The van der Waals surface area contributed by atoms with Crippen LogP contribution in [0.15, 0.2) is 18.2 Å². The Balaban J connectivity index is 2.76. The Kier molecular flexibility index (Phi) is 3.81. The number of hydrogen-bond donors (Lipinski definition) is 0. The molecule has 76 valence electrons. The van der Waals surface area contributed by atoms with E-state index >= 15 is 0 Å². The van der Waals surface area contributed by atoms with E-state index in [4.69, 9.17) is 0 Å². The van der Waals surface area contributed by atoms with E-state index in [1.165, 1.54) is 6.07 Å². The Hall–Kier alpha value is -1.18. The van der Waals surface area contributed by atoms with Crippen molar-refractivity contribution in [3.63, 3.8) is 0 Å². The lowest BCUT2D eigenvalue weighted by Gasteiger charge is -2.01. The number of aryl methyl sites for hydroxylation is 1. The number of halogens is 1. The van der Waals surface area contributed by atoms with E-state index in [1.54, 1.807) is 19.1 Å². The van der Waals surface area contributed by atoms with Crippen LogP contribution in [0.5, 0.6) is 0 Å². The first-order chi connectivity index (χ1) is 6.65. The SMILES string of the molecule is CCCCC(=O)c1ccc(C)c(F)c1. The summed E-state index contributed by atoms with van der Waals surface area (Å²) in [7, 11) is 0. The molecule has 2 heteroatoms. The summed E-state index contributed by atoms with van der Waals surface area (Å²) in [6.45, 7) is 3.72. The van der Waals surface area contributed by atoms with Gasteiger partial charge < -0.3 is 0 Å². The number of carbonyl (C=O) groups is 1. The smallest absolute Gasteiger partial charge is 0.162 e. The number of hydrogen-bond acceptors (Lipinski definition) is 1. The van der Waals surface area contributed by atoms with Gasteiger partial charge in [0, 0.05) is 12.0 Å². The zero-order valence-corrected chi connectivity index (χ0v) is 8.64. The zero-order chi connectivity index (χ0) is 10.6. The average molecular weight is 194 g/mol. The number of carbonyl (C=O) groups excluding carboxylic acids is 1. The van der Waals surface area contributed by atoms with Gasteiger partial charge in [-0.1, -0.05) is 25.5 Å². The average Bonchev–Trinajstić information content (AvgIpc) is 2.18. The van der Waals surface area contributed by atoms with Gasteiger partial charge in [-0.05, 0) is 25.0 Å². The van der Waals surface area contributed by atoms with Crippen molar-refractivity contribution < 1.29 is 9.18 Å². The van der Waals surface area contributed by atoms with Crippen LogP contribution in [0.1, 0.15) is 42.1 Å². The Bertz CT molecular complexity index is 331. The monoisotopic (exact) mass is 194 g/mol. The fraction of sp³-hybridized carbons (Fsp3) is 0.417. The summed E-state index contributed by atoms with van der Waals surface area (Å²) >= 11 is 0. The minimum Gasteiger partial charge on any atom is -0.294 e. The zero-order valence-electron chi connectivity index (χ0n) is 8.64. The van der Waals surface area contributed by atoms with E-state index in [0.29, 0.717) is 17.5 Å². The molecule has 0 aromatic heterocycles. The van der Waals surface area contributed by atoms with Crippen molar-refractivity contribution in [2.45, 2.75) is 33.1 Å². The standard InChI is InChI=1S/C12H15FO/c1-3-4-5-12(14)10-7-6-9(2)11(13)8-10/h6-8H,3-5H2,1-2H3. The van der Waals surface area contributed by atoms with Gasteiger partial charge in [0.2, 0.25) is 0 Å². The van der Waals surface area contributed by atoms with Crippen molar-refractivity contribution in [2.75, 3.05) is 0 Å². The predicted molar refractivity (Wildman–Crippen MR) is 55.0 cm³/mol. The molecule has 0 amide bonds. The maximum Gasteiger partial charge on any atom is 0.162 e. The van der Waals surface area contributed by atoms with Crippen LogP contribution < -0.4 is 0 Å². The topological polar surface area (TPSA) is 17.1 Å². The molecular weight excluding hydrogens is 179 g/mol. The molecule has 1 nitrogen and oxygen atoms in total. The Labute approximate surface area is 83.9 Å². The fourth-order valence-electron chi connectivity index (χ4n) is 1.25. The maximum atomic E-state index is 13.1. The molecule has 0 aliphatic rings. The summed E-state index contributed by atoms with van der Waals surface area (Å²) < 4.78 is 13.1. The lowest BCUT2D eigenvalue weighted by molar-refractivity contribution is 0.0979. The highest BCUT2D eigenvalue weighted by Crippen LogP contribution is 2.12. The number of benzene rings is 1. The molecule has 0 fully saturated rings. The largest absolute Gasteiger partial charge is 0.294 e. The second kappa shape index (κ2) is 4.89. The van der Waals surface area contributed by atoms with E-state index in [9.17, 15) is 9.18 Å². The highest BCUT2D eigenvalue weighted by Gasteiger charge is 2.07. The third kappa shape index (κ3) is 2.66. The van der Waals surface area contributed by atoms with Crippen molar-refractivity contribution >= 4 is 5.78 Å². The van der Waals surface area contributed by atoms with Crippen molar-refractivity contribution in [3.8, 4) is 0 Å². The van der Waals surface area contributed by atoms with Crippen LogP contribution in [0, 0.1) is 12.7 Å². The van der Waals surface area contributed by atoms with Gasteiger partial charge in [-0.15, -0.1) is 0 Å². The van der Waals surface area contributed by atoms with E-state index < -0.39 is 0 Å². The van der Waals surface area contributed by atoms with Gasteiger partial charge in [0.1, 0.15) is 5.82 Å². The Morgan fingerprint density at radius 1 is 1.43 bits per heavy atom. The molecule has 0 N–H and O–H groups in total. The Morgan fingerprint density at radius 3 is 2.71 bits per heavy atom. The van der Waals surface area contributed by atoms with Gasteiger partial charge in [-0.2, -0.15) is 0 Å². The van der Waals surface area contributed by atoms with Crippen molar-refractivity contribution in [1.29, 1.82) is 0 Å². The third-order valence-electron chi connectivity index (χ3n) is 2.25. The summed E-state index contributed by atoms with van der Waals surface area (Å²) in [6.07, 6.45) is 2.37. The van der Waals surface area contributed by atoms with Crippen LogP contribution in [0.2, 0.25) is 0 Å². The lowest BCUT2D eigenvalue weighted by atomic mass is 10.0. The number of unbranched alkanes of at least 4 members (excludes halogenated alkanes) is 1. The molecule has 0 bridgehead atoms. The van der Waals surface area contributed by atoms with Crippen LogP contribution in [-0.4, -0.2) is 5.78 Å². The molecule has 0 radical (unpaired) electrons. The van der Waals surface area contributed by atoms with Crippen molar-refractivity contribution in [2.24, 2.45) is 0 Å². The molecular formula is C12H15FO. The van der Waals surface area contributed by atoms with Gasteiger partial charge in [-0.25, -0.2) is 4.39 Å². The minimum atomic E-state index is -0.299. The molecule has 14 heavy (non-hydrogen) atoms. The van der Waals surface area contributed by atoms with Gasteiger partial charge >= 0.3 is 0 Å². The first-order valence-electron chi connectivity index (χ1n) is 4.94. The number of Topliss-reactive ketones (excluding diaryl/α,β-unsaturated/α-hetero) is 1. The quantitative estimate of drug-likeness (QED) is 0.670. The molecule has 0 unspecified atom stereocenters. The maximum absolute atomic E-state index is 13.1. The van der Waals surface area contributed by atoms with Gasteiger partial charge in [0.25, 0.3) is 0 Å². The van der Waals surface area contributed by atoms with E-state index in [2.05, 4.69) is 0 Å². The second-order valence-corrected chi connectivity index (χ2v) is 3.49. The summed E-state index contributed by atoms with van der Waals surface area (Å²) in [6, 6.07) is 4.66. The summed E-state index contributed by atoms with van der Waals surface area (Å²) in [5.41, 5.74) is 1.07. The first kappa shape index (κ1) is 10.9. The van der Waals surface area contributed by atoms with Gasteiger partial charge in [-0.3, -0.25) is 4.79 Å². The van der Waals surface area contributed by atoms with E-state index in [1.807, 2.05) is 6.92 Å². The van der Waals surface area contributed by atoms with Crippen molar-refractivity contribution in [3.05, 3.63) is 35.1 Å². The van der Waals surface area contributed by atoms with Crippen LogP contribution in [-0.2, 0) is 0 Å². The van der Waals surface area contributed by atoms with Gasteiger partial charge in [0.15, 0.2) is 5.78 Å². The fourth-order valence-corrected chi connectivity index (χ4v) is 1.25. The molecule has 0 saturated carbocycles. The molecule has 0 spiro atoms. The third-order valence-corrected chi connectivity index (χ3v) is 2.25. The second-order valence-electron chi connectivity index (χ2n) is 3.49. The lowest BCUT2D eigenvalue weighted by Crippen LogP contribution is -1.99. The highest BCUT2D eigenvalue weighted by atomic mass is 19.1. The van der Waals surface area contributed by atoms with Crippen molar-refractivity contribution in [1.82, 2.24) is 0 Å². The summed E-state index contributed by atoms with van der Waals surface area (Å²) in [4.78, 5) is 11.5. The minimum absolute atomic E-state index is 0.0331. The molecule has 0 atom stereocenters. The Morgan fingerprint density at radius 2 is 2.14 bits per heavy atom. The molecule has 1 aromatic carbocycles. The summed E-state index contributed by atoms with van der Waals surface area (Å²) in [5.74, 6) is -0.266. The van der Waals surface area contributed by atoms with Crippen LogP contribution in [0.4, 0.5) is 4.39 Å².